The van der Waals surface area contributed by atoms with Crippen LogP contribution in [0.25, 0.3) is 11.1 Å². The van der Waals surface area contributed by atoms with Gasteiger partial charge in [-0.25, -0.2) is 4.79 Å². The molecule has 0 bridgehead atoms. The number of carbonyl (C=O) groups is 2. The van der Waals surface area contributed by atoms with E-state index < -0.39 is 53.1 Å². The van der Waals surface area contributed by atoms with Crippen LogP contribution in [-0.4, -0.2) is 39.5 Å². The van der Waals surface area contributed by atoms with Crippen molar-refractivity contribution in [3.05, 3.63) is 82.9 Å². The number of aliphatic hydroxyl groups excluding tert-OH is 1. The van der Waals surface area contributed by atoms with E-state index >= 15 is 0 Å². The van der Waals surface area contributed by atoms with Gasteiger partial charge in [0.15, 0.2) is 0 Å². The number of benzene rings is 3. The number of carboxylic acids is 1. The average Bonchev–Trinajstić information content (AvgIpc) is 2.82. The molecule has 3 N–H and O–H groups in total. The first-order valence-corrected chi connectivity index (χ1v) is 11.5. The molecule has 1 atom stereocenters. The molecule has 0 aliphatic heterocycles. The normalized spacial score (nSPS) is 12.6. The van der Waals surface area contributed by atoms with Crippen LogP contribution in [0.5, 0.6) is 11.5 Å². The average molecular weight is 533 g/mol. The third kappa shape index (κ3) is 6.83. The van der Waals surface area contributed by atoms with Gasteiger partial charge < -0.3 is 24.8 Å². The molecule has 3 aromatic carbocycles. The number of halogens is 3. The molecule has 0 radical (unpaired) electrons. The molecule has 202 valence electrons. The number of ether oxygens (including phenoxy) is 2. The Bertz CT molecular complexity index is 1290. The molecule has 3 rings (SSSR count). The number of hydrogen-bond acceptors (Lipinski definition) is 6. The lowest BCUT2D eigenvalue weighted by Gasteiger charge is -2.22. The van der Waals surface area contributed by atoms with Gasteiger partial charge in [-0.1, -0.05) is 42.5 Å². The number of rotatable bonds is 8. The van der Waals surface area contributed by atoms with Gasteiger partial charge in [0.2, 0.25) is 0 Å². The number of aliphatic carboxylic acids is 1. The lowest BCUT2D eigenvalue weighted by Crippen LogP contribution is -2.25. The van der Waals surface area contributed by atoms with Gasteiger partial charge in [0.05, 0.1) is 12.2 Å². The van der Waals surface area contributed by atoms with Gasteiger partial charge >= 0.3 is 18.1 Å². The van der Waals surface area contributed by atoms with Gasteiger partial charge in [-0.15, -0.1) is 0 Å². The number of aromatic hydroxyl groups is 1. The summed E-state index contributed by atoms with van der Waals surface area (Å²) in [6.07, 6.45) is -4.87. The standard InChI is InChI=1S/C28H27F3O7/c1-27(2,3)38-26(36)23-19(10-13-22(24(23)33)28(29,30)31)15-37-20-11-8-17(9-12-20)16-4-6-18(7-5-16)21(14-32)25(34)35/h4-13,21,32-33H,14-15H2,1-3H3,(H,34,35). The molecule has 38 heavy (non-hydrogen) atoms. The van der Waals surface area contributed by atoms with Crippen LogP contribution in [0.1, 0.15) is 53.7 Å². The summed E-state index contributed by atoms with van der Waals surface area (Å²) in [7, 11) is 0. The number of aliphatic hydroxyl groups is 1. The third-order valence-electron chi connectivity index (χ3n) is 5.55. The number of carboxylic acid groups (broad SMARTS) is 1. The molecule has 7 nitrogen and oxygen atoms in total. The molecule has 0 aliphatic carbocycles. The van der Waals surface area contributed by atoms with Crippen molar-refractivity contribution < 1.29 is 47.6 Å². The minimum absolute atomic E-state index is 0.0151. The molecule has 0 aromatic heterocycles. The van der Waals surface area contributed by atoms with Gasteiger partial charge in [0.25, 0.3) is 0 Å². The number of hydrogen-bond donors (Lipinski definition) is 3. The summed E-state index contributed by atoms with van der Waals surface area (Å²) in [4.78, 5) is 23.9. The molecule has 0 heterocycles. The van der Waals surface area contributed by atoms with Crippen LogP contribution in [-0.2, 0) is 22.3 Å². The number of alkyl halides is 3. The van der Waals surface area contributed by atoms with E-state index in [9.17, 15) is 38.1 Å². The highest BCUT2D eigenvalue weighted by molar-refractivity contribution is 5.95. The summed E-state index contributed by atoms with van der Waals surface area (Å²) in [5.74, 6) is -4.12. The molecule has 1 unspecified atom stereocenters. The van der Waals surface area contributed by atoms with Crippen LogP contribution >= 0.6 is 0 Å². The molecule has 0 aliphatic rings. The first kappa shape index (κ1) is 28.5. The summed E-state index contributed by atoms with van der Waals surface area (Å²) in [5, 5.41) is 28.8. The van der Waals surface area contributed by atoms with Gasteiger partial charge in [-0.05, 0) is 55.7 Å². The summed E-state index contributed by atoms with van der Waals surface area (Å²) in [5.41, 5.74) is -0.939. The van der Waals surface area contributed by atoms with E-state index in [0.717, 1.165) is 17.2 Å². The molecular formula is C28H27F3O7. The van der Waals surface area contributed by atoms with Crippen molar-refractivity contribution in [2.45, 2.75) is 45.1 Å². The fourth-order valence-electron chi connectivity index (χ4n) is 3.68. The van der Waals surface area contributed by atoms with Gasteiger partial charge in [0.1, 0.15) is 35.2 Å². The molecular weight excluding hydrogens is 505 g/mol. The van der Waals surface area contributed by atoms with Crippen LogP contribution in [0.3, 0.4) is 0 Å². The minimum atomic E-state index is -4.87. The Balaban J connectivity index is 1.81. The van der Waals surface area contributed by atoms with Crippen molar-refractivity contribution in [2.75, 3.05) is 6.61 Å². The van der Waals surface area contributed by atoms with Crippen LogP contribution in [0.15, 0.2) is 60.7 Å². The van der Waals surface area contributed by atoms with Crippen LogP contribution < -0.4 is 4.74 Å². The third-order valence-corrected chi connectivity index (χ3v) is 5.55. The van der Waals surface area contributed by atoms with E-state index in [4.69, 9.17) is 9.47 Å². The Morgan fingerprint density at radius 1 is 0.895 bits per heavy atom. The zero-order valence-corrected chi connectivity index (χ0v) is 20.9. The van der Waals surface area contributed by atoms with E-state index in [-0.39, 0.29) is 12.2 Å². The maximum absolute atomic E-state index is 13.3. The molecule has 0 fully saturated rings. The van der Waals surface area contributed by atoms with Gasteiger partial charge in [0, 0.05) is 5.56 Å². The molecule has 10 heteroatoms. The molecule has 3 aromatic rings. The van der Waals surface area contributed by atoms with Crippen molar-refractivity contribution in [1.29, 1.82) is 0 Å². The van der Waals surface area contributed by atoms with Crippen molar-refractivity contribution >= 4 is 11.9 Å². The number of esters is 1. The fourth-order valence-corrected chi connectivity index (χ4v) is 3.68. The van der Waals surface area contributed by atoms with Crippen molar-refractivity contribution in [2.24, 2.45) is 0 Å². The molecule has 0 saturated carbocycles. The monoisotopic (exact) mass is 532 g/mol. The highest BCUT2D eigenvalue weighted by Gasteiger charge is 2.37. The second-order valence-corrected chi connectivity index (χ2v) is 9.50. The van der Waals surface area contributed by atoms with Gasteiger partial charge in [-0.3, -0.25) is 4.79 Å². The Morgan fingerprint density at radius 3 is 1.92 bits per heavy atom. The van der Waals surface area contributed by atoms with Gasteiger partial charge in [-0.2, -0.15) is 13.2 Å². The number of phenolic OH excluding ortho intramolecular Hbond substituents is 1. The maximum Gasteiger partial charge on any atom is 0.419 e. The van der Waals surface area contributed by atoms with E-state index in [2.05, 4.69) is 0 Å². The predicted octanol–water partition coefficient (Wildman–Crippen LogP) is 5.77. The van der Waals surface area contributed by atoms with E-state index in [1.165, 1.54) is 0 Å². The number of carbonyl (C=O) groups excluding carboxylic acids is 1. The maximum atomic E-state index is 13.3. The Labute approximate surface area is 217 Å². The zero-order chi connectivity index (χ0) is 28.3. The quantitative estimate of drug-likeness (QED) is 0.316. The lowest BCUT2D eigenvalue weighted by molar-refractivity contribution is -0.140. The Hall–Kier alpha value is -4.05. The van der Waals surface area contributed by atoms with E-state index in [1.807, 2.05) is 0 Å². The highest BCUT2D eigenvalue weighted by atomic mass is 19.4. The summed E-state index contributed by atoms with van der Waals surface area (Å²) >= 11 is 0. The smallest absolute Gasteiger partial charge is 0.419 e. The number of phenols is 1. The van der Waals surface area contributed by atoms with E-state index in [0.29, 0.717) is 17.4 Å². The molecule has 0 spiro atoms. The first-order chi connectivity index (χ1) is 17.7. The summed E-state index contributed by atoms with van der Waals surface area (Å²) in [6, 6.07) is 15.1. The Kier molecular flexibility index (Phi) is 8.36. The van der Waals surface area contributed by atoms with Crippen LogP contribution in [0.2, 0.25) is 0 Å². The van der Waals surface area contributed by atoms with Crippen molar-refractivity contribution in [1.82, 2.24) is 0 Å². The minimum Gasteiger partial charge on any atom is -0.506 e. The largest absolute Gasteiger partial charge is 0.506 e. The first-order valence-electron chi connectivity index (χ1n) is 11.5. The fraction of sp³-hybridized carbons (Fsp3) is 0.286. The molecule has 0 saturated heterocycles. The molecule has 0 amide bonds. The van der Waals surface area contributed by atoms with Crippen molar-refractivity contribution in [3.63, 3.8) is 0 Å². The summed E-state index contributed by atoms with van der Waals surface area (Å²) in [6.45, 7) is 3.83. The second-order valence-electron chi connectivity index (χ2n) is 9.50. The zero-order valence-electron chi connectivity index (χ0n) is 20.9. The lowest BCUT2D eigenvalue weighted by atomic mass is 9.97. The highest BCUT2D eigenvalue weighted by Crippen LogP contribution is 2.39. The van der Waals surface area contributed by atoms with Crippen molar-refractivity contribution in [3.8, 4) is 22.6 Å². The van der Waals surface area contributed by atoms with E-state index in [1.54, 1.807) is 69.3 Å². The van der Waals surface area contributed by atoms with Crippen LogP contribution in [0.4, 0.5) is 13.2 Å². The Morgan fingerprint density at radius 2 is 1.45 bits per heavy atom. The topological polar surface area (TPSA) is 113 Å². The summed E-state index contributed by atoms with van der Waals surface area (Å²) < 4.78 is 50.9. The second kappa shape index (κ2) is 11.1. The SMILES string of the molecule is CC(C)(C)OC(=O)c1c(COc2ccc(-c3ccc(C(CO)C(=O)O)cc3)cc2)ccc(C(F)(F)F)c1O. The predicted molar refractivity (Wildman–Crippen MR) is 132 cm³/mol. The van der Waals surface area contributed by atoms with Crippen LogP contribution in [0, 0.1) is 0 Å².